The molecule has 1 amide bonds. The van der Waals surface area contributed by atoms with Crippen LogP contribution in [0.4, 0.5) is 4.39 Å². The lowest BCUT2D eigenvalue weighted by molar-refractivity contribution is -0.917. The number of piperazine rings is 1. The van der Waals surface area contributed by atoms with E-state index in [1.807, 2.05) is 0 Å². The minimum absolute atomic E-state index is 0.0659. The van der Waals surface area contributed by atoms with Crippen molar-refractivity contribution in [3.63, 3.8) is 0 Å². The van der Waals surface area contributed by atoms with Crippen LogP contribution in [0.15, 0.2) is 41.0 Å². The smallest absolute Gasteiger partial charge is 0.289 e. The molecule has 0 aliphatic carbocycles. The summed E-state index contributed by atoms with van der Waals surface area (Å²) in [6.07, 6.45) is 1.51. The van der Waals surface area contributed by atoms with Gasteiger partial charge in [-0.05, 0) is 30.3 Å². The van der Waals surface area contributed by atoms with E-state index in [2.05, 4.69) is 0 Å². The molecule has 22 heavy (non-hydrogen) atoms. The van der Waals surface area contributed by atoms with Gasteiger partial charge in [-0.2, -0.15) is 0 Å². The van der Waals surface area contributed by atoms with Gasteiger partial charge in [0.1, 0.15) is 12.4 Å². The van der Waals surface area contributed by atoms with Gasteiger partial charge < -0.3 is 14.2 Å². The van der Waals surface area contributed by atoms with Crippen LogP contribution in [0, 0.1) is 5.82 Å². The van der Waals surface area contributed by atoms with Crippen LogP contribution in [-0.2, 0) is 6.54 Å². The fourth-order valence-electron chi connectivity index (χ4n) is 2.69. The van der Waals surface area contributed by atoms with Crippen LogP contribution in [0.5, 0.6) is 0 Å². The van der Waals surface area contributed by atoms with Crippen molar-refractivity contribution in [3.05, 3.63) is 58.8 Å². The van der Waals surface area contributed by atoms with Crippen molar-refractivity contribution >= 4 is 17.5 Å². The van der Waals surface area contributed by atoms with E-state index in [0.29, 0.717) is 23.9 Å². The SMILES string of the molecule is O=C(c1ccco1)N1CC[NH+](Cc2ccc(F)cc2Cl)CC1. The summed E-state index contributed by atoms with van der Waals surface area (Å²) >= 11 is 6.07. The van der Waals surface area contributed by atoms with E-state index in [1.165, 1.54) is 23.3 Å². The van der Waals surface area contributed by atoms with E-state index in [4.69, 9.17) is 16.0 Å². The van der Waals surface area contributed by atoms with Crippen LogP contribution in [0.25, 0.3) is 0 Å². The van der Waals surface area contributed by atoms with Crippen molar-refractivity contribution in [1.29, 1.82) is 0 Å². The fourth-order valence-corrected chi connectivity index (χ4v) is 2.93. The van der Waals surface area contributed by atoms with Gasteiger partial charge in [-0.3, -0.25) is 4.79 Å². The highest BCUT2D eigenvalue weighted by Crippen LogP contribution is 2.16. The molecule has 1 aliphatic rings. The summed E-state index contributed by atoms with van der Waals surface area (Å²) < 4.78 is 18.2. The molecule has 1 fully saturated rings. The average Bonchev–Trinajstić information content (AvgIpc) is 3.04. The Bertz CT molecular complexity index is 652. The second-order valence-electron chi connectivity index (χ2n) is 5.43. The van der Waals surface area contributed by atoms with Gasteiger partial charge in [0, 0.05) is 5.56 Å². The molecule has 1 aliphatic heterocycles. The number of nitrogens with zero attached hydrogens (tertiary/aromatic N) is 1. The van der Waals surface area contributed by atoms with Gasteiger partial charge in [0.25, 0.3) is 5.91 Å². The molecule has 1 aromatic carbocycles. The first-order chi connectivity index (χ1) is 10.6. The summed E-state index contributed by atoms with van der Waals surface area (Å²) in [5.74, 6) is -0.00786. The maximum atomic E-state index is 13.1. The number of rotatable bonds is 3. The zero-order valence-corrected chi connectivity index (χ0v) is 12.8. The molecule has 1 N–H and O–H groups in total. The predicted octanol–water partition coefficient (Wildman–Crippen LogP) is 1.61. The molecule has 1 aromatic heterocycles. The lowest BCUT2D eigenvalue weighted by Crippen LogP contribution is -3.13. The Labute approximate surface area is 133 Å². The van der Waals surface area contributed by atoms with Crippen molar-refractivity contribution in [2.75, 3.05) is 26.2 Å². The zero-order chi connectivity index (χ0) is 15.5. The minimum atomic E-state index is -0.322. The van der Waals surface area contributed by atoms with Crippen LogP contribution in [0.2, 0.25) is 5.02 Å². The predicted molar refractivity (Wildman–Crippen MR) is 80.4 cm³/mol. The molecule has 0 bridgehead atoms. The quantitative estimate of drug-likeness (QED) is 0.932. The van der Waals surface area contributed by atoms with Crippen molar-refractivity contribution in [1.82, 2.24) is 4.90 Å². The Balaban J connectivity index is 1.56. The third kappa shape index (κ3) is 3.31. The molecule has 2 aromatic rings. The van der Waals surface area contributed by atoms with Crippen LogP contribution < -0.4 is 4.90 Å². The normalized spacial score (nSPS) is 16.0. The number of carbonyl (C=O) groups is 1. The number of nitrogens with one attached hydrogen (secondary N) is 1. The lowest BCUT2D eigenvalue weighted by Gasteiger charge is -2.31. The van der Waals surface area contributed by atoms with Gasteiger partial charge in [-0.15, -0.1) is 0 Å². The van der Waals surface area contributed by atoms with E-state index in [-0.39, 0.29) is 11.7 Å². The standard InChI is InChI=1S/C16H16ClFN2O2/c17-14-10-13(18)4-3-12(14)11-19-5-7-20(8-6-19)16(21)15-2-1-9-22-15/h1-4,9-10H,5-8,11H2/p+1. The number of carbonyl (C=O) groups excluding carboxylic acids is 1. The van der Waals surface area contributed by atoms with Gasteiger partial charge >= 0.3 is 0 Å². The highest BCUT2D eigenvalue weighted by Gasteiger charge is 2.26. The summed E-state index contributed by atoms with van der Waals surface area (Å²) in [4.78, 5) is 15.3. The first-order valence-corrected chi connectivity index (χ1v) is 7.61. The van der Waals surface area contributed by atoms with Crippen molar-refractivity contribution in [2.24, 2.45) is 0 Å². The Morgan fingerprint density at radius 1 is 1.32 bits per heavy atom. The lowest BCUT2D eigenvalue weighted by atomic mass is 10.2. The molecule has 116 valence electrons. The van der Waals surface area contributed by atoms with Crippen molar-refractivity contribution in [3.8, 4) is 0 Å². The van der Waals surface area contributed by atoms with Crippen molar-refractivity contribution in [2.45, 2.75) is 6.54 Å². The summed E-state index contributed by atoms with van der Waals surface area (Å²) in [5.41, 5.74) is 0.934. The summed E-state index contributed by atoms with van der Waals surface area (Å²) in [6.45, 7) is 3.75. The zero-order valence-electron chi connectivity index (χ0n) is 12.0. The second kappa shape index (κ2) is 6.50. The molecule has 4 nitrogen and oxygen atoms in total. The van der Waals surface area contributed by atoms with Crippen LogP contribution in [-0.4, -0.2) is 37.0 Å². The second-order valence-corrected chi connectivity index (χ2v) is 5.84. The third-order valence-electron chi connectivity index (χ3n) is 3.95. The van der Waals surface area contributed by atoms with Crippen LogP contribution in [0.1, 0.15) is 16.1 Å². The van der Waals surface area contributed by atoms with Crippen LogP contribution in [0.3, 0.4) is 0 Å². The summed E-state index contributed by atoms with van der Waals surface area (Å²) in [6, 6.07) is 7.89. The topological polar surface area (TPSA) is 37.9 Å². The molecule has 0 atom stereocenters. The molecule has 3 rings (SSSR count). The number of amides is 1. The van der Waals surface area contributed by atoms with Crippen molar-refractivity contribution < 1.29 is 18.5 Å². The molecule has 2 heterocycles. The largest absolute Gasteiger partial charge is 0.459 e. The maximum absolute atomic E-state index is 13.1. The molecule has 0 radical (unpaired) electrons. The Morgan fingerprint density at radius 2 is 2.09 bits per heavy atom. The maximum Gasteiger partial charge on any atom is 0.289 e. The molecule has 0 spiro atoms. The number of hydrogen-bond donors (Lipinski definition) is 1. The molecule has 0 saturated carbocycles. The third-order valence-corrected chi connectivity index (χ3v) is 4.30. The summed E-state index contributed by atoms with van der Waals surface area (Å²) in [7, 11) is 0. The molecule has 1 saturated heterocycles. The molecular weight excluding hydrogens is 307 g/mol. The number of quaternary nitrogens is 1. The van der Waals surface area contributed by atoms with Gasteiger partial charge in [0.15, 0.2) is 5.76 Å². The minimum Gasteiger partial charge on any atom is -0.459 e. The van der Waals surface area contributed by atoms with Gasteiger partial charge in [-0.1, -0.05) is 11.6 Å². The van der Waals surface area contributed by atoms with E-state index >= 15 is 0 Å². The average molecular weight is 324 g/mol. The van der Waals surface area contributed by atoms with E-state index < -0.39 is 0 Å². The highest BCUT2D eigenvalue weighted by molar-refractivity contribution is 6.31. The highest BCUT2D eigenvalue weighted by atomic mass is 35.5. The summed E-state index contributed by atoms with van der Waals surface area (Å²) in [5, 5.41) is 0.460. The van der Waals surface area contributed by atoms with Gasteiger partial charge in [0.05, 0.1) is 37.5 Å². The molecular formula is C16H17ClFN2O2+. The van der Waals surface area contributed by atoms with E-state index in [9.17, 15) is 9.18 Å². The number of hydrogen-bond acceptors (Lipinski definition) is 2. The first-order valence-electron chi connectivity index (χ1n) is 7.24. The Kier molecular flexibility index (Phi) is 4.45. The molecule has 6 heteroatoms. The molecule has 0 unspecified atom stereocenters. The monoisotopic (exact) mass is 323 g/mol. The Morgan fingerprint density at radius 3 is 2.73 bits per heavy atom. The number of halogens is 2. The Hall–Kier alpha value is -1.85. The fraction of sp³-hybridized carbons (Fsp3) is 0.312. The van der Waals surface area contributed by atoms with Gasteiger partial charge in [-0.25, -0.2) is 4.39 Å². The number of furan rings is 1. The number of benzene rings is 1. The first kappa shape index (κ1) is 15.1. The van der Waals surface area contributed by atoms with E-state index in [1.54, 1.807) is 23.1 Å². The van der Waals surface area contributed by atoms with Crippen LogP contribution >= 0.6 is 11.6 Å². The van der Waals surface area contributed by atoms with E-state index in [0.717, 1.165) is 25.2 Å². The van der Waals surface area contributed by atoms with Gasteiger partial charge in [0.2, 0.25) is 0 Å².